The predicted octanol–water partition coefficient (Wildman–Crippen LogP) is 6.26. The monoisotopic (exact) mass is 545 g/mol. The maximum absolute atomic E-state index is 14.1. The lowest BCUT2D eigenvalue weighted by Crippen LogP contribution is -2.52. The summed E-state index contributed by atoms with van der Waals surface area (Å²) in [5.74, 6) is -4.65. The molecule has 1 heterocycles. The molecular formula is C32H32ClNO5. The summed E-state index contributed by atoms with van der Waals surface area (Å²) in [4.78, 5) is 56.3. The highest BCUT2D eigenvalue weighted by molar-refractivity contribution is 6.34. The van der Waals surface area contributed by atoms with Crippen molar-refractivity contribution in [1.29, 1.82) is 0 Å². The molecule has 202 valence electrons. The fourth-order valence-corrected chi connectivity index (χ4v) is 5.31. The van der Waals surface area contributed by atoms with E-state index in [2.05, 4.69) is 19.7 Å². The molecule has 1 spiro atoms. The Hall–Kier alpha value is -3.87. The molecular weight excluding hydrogens is 514 g/mol. The van der Waals surface area contributed by atoms with Crippen LogP contribution < -0.4 is 0 Å². The second kappa shape index (κ2) is 11.9. The number of rotatable bonds is 6. The molecule has 1 aliphatic carbocycles. The predicted molar refractivity (Wildman–Crippen MR) is 152 cm³/mol. The molecule has 2 aromatic carbocycles. The summed E-state index contributed by atoms with van der Waals surface area (Å²) in [6.45, 7) is 14.8. The van der Waals surface area contributed by atoms with Crippen molar-refractivity contribution in [3.05, 3.63) is 119 Å². The van der Waals surface area contributed by atoms with E-state index in [1.807, 2.05) is 13.8 Å². The minimum Gasteiger partial charge on any atom is -0.349 e. The highest BCUT2D eigenvalue weighted by Crippen LogP contribution is 2.54. The van der Waals surface area contributed by atoms with Crippen LogP contribution in [-0.2, 0) is 14.3 Å². The number of likely N-dealkylation sites (N-methyl/N-ethyl adjacent to an activating group) is 1. The number of Topliss-reactive ketones (excluding diaryl/α,β-unsaturated/α-hetero) is 3. The Labute approximate surface area is 234 Å². The zero-order chi connectivity index (χ0) is 29.1. The maximum atomic E-state index is 14.1. The highest BCUT2D eigenvalue weighted by Gasteiger charge is 2.70. The number of allylic oxidation sites excluding steroid dienone is 4. The molecule has 39 heavy (non-hydrogen) atoms. The van der Waals surface area contributed by atoms with Crippen molar-refractivity contribution < 1.29 is 23.9 Å². The molecule has 0 N–H and O–H groups in total. The van der Waals surface area contributed by atoms with Gasteiger partial charge in [0.05, 0.1) is 17.9 Å². The Balaban J connectivity index is 0.00000205. The summed E-state index contributed by atoms with van der Waals surface area (Å²) in [6.07, 6.45) is 2.07. The SMILES string of the molecule is C=C.C=C/C(=C\C(Cl)=C(C)C)N(C)C(=O)C1C(c2ccccc2)OC2(C(=O)c3ccccc3C2=O)[C@@H]1C(C)=O. The molecule has 1 aliphatic heterocycles. The Morgan fingerprint density at radius 3 is 1.92 bits per heavy atom. The van der Waals surface area contributed by atoms with Crippen molar-refractivity contribution >= 4 is 34.9 Å². The minimum absolute atomic E-state index is 0.189. The van der Waals surface area contributed by atoms with Gasteiger partial charge in [-0.1, -0.05) is 78.4 Å². The van der Waals surface area contributed by atoms with Gasteiger partial charge in [0.15, 0.2) is 0 Å². The molecule has 0 saturated carbocycles. The number of nitrogens with zero attached hydrogens (tertiary/aromatic N) is 1. The van der Waals surface area contributed by atoms with E-state index in [0.29, 0.717) is 16.3 Å². The summed E-state index contributed by atoms with van der Waals surface area (Å²) in [5.41, 5.74) is 0.0862. The molecule has 2 aliphatic rings. The van der Waals surface area contributed by atoms with Gasteiger partial charge in [0.1, 0.15) is 5.78 Å². The van der Waals surface area contributed by atoms with Gasteiger partial charge in [0.25, 0.3) is 0 Å². The third-order valence-electron chi connectivity index (χ3n) is 7.06. The van der Waals surface area contributed by atoms with E-state index in [4.69, 9.17) is 16.3 Å². The number of ether oxygens (including phenoxy) is 1. The number of carbonyl (C=O) groups is 4. The number of hydrogen-bond acceptors (Lipinski definition) is 5. The number of halogens is 1. The fourth-order valence-electron chi connectivity index (χ4n) is 5.19. The Morgan fingerprint density at radius 2 is 1.46 bits per heavy atom. The third kappa shape index (κ3) is 4.98. The second-order valence-corrected chi connectivity index (χ2v) is 9.93. The number of fused-ring (bicyclic) bond motifs is 1. The van der Waals surface area contributed by atoms with Gasteiger partial charge in [-0.3, -0.25) is 19.2 Å². The molecule has 6 nitrogen and oxygen atoms in total. The van der Waals surface area contributed by atoms with E-state index >= 15 is 0 Å². The van der Waals surface area contributed by atoms with E-state index in [0.717, 1.165) is 5.57 Å². The lowest BCUT2D eigenvalue weighted by atomic mass is 9.73. The van der Waals surface area contributed by atoms with Crippen LogP contribution in [0.1, 0.15) is 53.2 Å². The topological polar surface area (TPSA) is 80.8 Å². The smallest absolute Gasteiger partial charge is 0.233 e. The van der Waals surface area contributed by atoms with E-state index in [1.165, 1.54) is 17.9 Å². The van der Waals surface area contributed by atoms with Gasteiger partial charge in [-0.15, -0.1) is 13.2 Å². The highest BCUT2D eigenvalue weighted by atomic mass is 35.5. The van der Waals surface area contributed by atoms with Crippen LogP contribution in [0.4, 0.5) is 0 Å². The average molecular weight is 546 g/mol. The van der Waals surface area contributed by atoms with Crippen molar-refractivity contribution in [2.45, 2.75) is 32.5 Å². The van der Waals surface area contributed by atoms with Crippen molar-refractivity contribution in [2.75, 3.05) is 7.05 Å². The standard InChI is InChI=1S/C30H28ClNO5.C2H4/c1-6-20(16-23(31)17(2)3)32(5)29(36)24-25(18(4)33)30(37-26(24)19-12-8-7-9-13-19)27(34)21-14-10-11-15-22(21)28(30)35;1-2/h6-16,24-26H,1H2,2-5H3;1-2H2/b20-16+;/t24?,25-,26?;/m1./s1. The van der Waals surface area contributed by atoms with Gasteiger partial charge in [0.2, 0.25) is 23.1 Å². The molecule has 2 aromatic rings. The first-order chi connectivity index (χ1) is 18.6. The van der Waals surface area contributed by atoms with Crippen molar-refractivity contribution in [2.24, 2.45) is 11.8 Å². The van der Waals surface area contributed by atoms with Crippen molar-refractivity contribution in [3.8, 4) is 0 Å². The number of benzene rings is 2. The largest absolute Gasteiger partial charge is 0.349 e. The van der Waals surface area contributed by atoms with Crippen LogP contribution in [0, 0.1) is 11.8 Å². The third-order valence-corrected chi connectivity index (χ3v) is 7.54. The number of ketones is 3. The maximum Gasteiger partial charge on any atom is 0.233 e. The van der Waals surface area contributed by atoms with Crippen molar-refractivity contribution in [3.63, 3.8) is 0 Å². The molecule has 2 unspecified atom stereocenters. The number of amides is 1. The normalized spacial score (nSPS) is 21.1. The zero-order valence-corrected chi connectivity index (χ0v) is 23.3. The summed E-state index contributed by atoms with van der Waals surface area (Å²) < 4.78 is 6.35. The van der Waals surface area contributed by atoms with Crippen LogP contribution in [0.25, 0.3) is 0 Å². The van der Waals surface area contributed by atoms with Crippen LogP contribution in [0.2, 0.25) is 0 Å². The van der Waals surface area contributed by atoms with Crippen LogP contribution in [-0.4, -0.2) is 40.8 Å². The van der Waals surface area contributed by atoms with Gasteiger partial charge < -0.3 is 9.64 Å². The zero-order valence-electron chi connectivity index (χ0n) is 22.6. The Kier molecular flexibility index (Phi) is 9.05. The van der Waals surface area contributed by atoms with E-state index < -0.39 is 46.8 Å². The summed E-state index contributed by atoms with van der Waals surface area (Å²) in [6, 6.07) is 15.3. The minimum atomic E-state index is -2.12. The van der Waals surface area contributed by atoms with Gasteiger partial charge in [-0.25, -0.2) is 0 Å². The van der Waals surface area contributed by atoms with Gasteiger partial charge in [0, 0.05) is 28.9 Å². The Morgan fingerprint density at radius 1 is 0.949 bits per heavy atom. The summed E-state index contributed by atoms with van der Waals surface area (Å²) in [7, 11) is 1.54. The first-order valence-electron chi connectivity index (χ1n) is 12.4. The quantitative estimate of drug-likeness (QED) is 0.243. The molecule has 1 fully saturated rings. The van der Waals surface area contributed by atoms with E-state index in [1.54, 1.807) is 67.7 Å². The van der Waals surface area contributed by atoms with Crippen LogP contribution >= 0.6 is 11.6 Å². The van der Waals surface area contributed by atoms with Crippen LogP contribution in [0.15, 0.2) is 103 Å². The molecule has 0 radical (unpaired) electrons. The molecule has 1 amide bonds. The average Bonchev–Trinajstić information content (AvgIpc) is 3.42. The Bertz CT molecular complexity index is 1350. The van der Waals surface area contributed by atoms with Crippen molar-refractivity contribution in [1.82, 2.24) is 4.90 Å². The lowest BCUT2D eigenvalue weighted by molar-refractivity contribution is -0.138. The van der Waals surface area contributed by atoms with Crippen LogP contribution in [0.3, 0.4) is 0 Å². The molecule has 0 bridgehead atoms. The van der Waals surface area contributed by atoms with Gasteiger partial charge in [-0.05, 0) is 38.5 Å². The molecule has 3 atom stereocenters. The molecule has 0 aromatic heterocycles. The number of carbonyl (C=O) groups excluding carboxylic acids is 4. The fraction of sp³-hybridized carbons (Fsp3) is 0.250. The first-order valence-corrected chi connectivity index (χ1v) is 12.8. The van der Waals surface area contributed by atoms with Gasteiger partial charge in [-0.2, -0.15) is 0 Å². The van der Waals surface area contributed by atoms with E-state index in [-0.39, 0.29) is 11.1 Å². The molecule has 7 heteroatoms. The molecule has 1 saturated heterocycles. The van der Waals surface area contributed by atoms with Crippen LogP contribution in [0.5, 0.6) is 0 Å². The number of hydrogen-bond donors (Lipinski definition) is 0. The second-order valence-electron chi connectivity index (χ2n) is 9.52. The van der Waals surface area contributed by atoms with E-state index in [9.17, 15) is 19.2 Å². The first kappa shape index (κ1) is 29.7. The lowest BCUT2D eigenvalue weighted by Gasteiger charge is -2.29. The van der Waals surface area contributed by atoms with Gasteiger partial charge >= 0.3 is 0 Å². The molecule has 4 rings (SSSR count). The summed E-state index contributed by atoms with van der Waals surface area (Å²) >= 11 is 6.34. The summed E-state index contributed by atoms with van der Waals surface area (Å²) in [5, 5.41) is 0.438.